The van der Waals surface area contributed by atoms with Crippen molar-refractivity contribution in [2.24, 2.45) is 0 Å². The van der Waals surface area contributed by atoms with E-state index in [9.17, 15) is 8.42 Å². The Labute approximate surface area is 141 Å². The van der Waals surface area contributed by atoms with Crippen molar-refractivity contribution < 1.29 is 8.42 Å². The van der Waals surface area contributed by atoms with E-state index >= 15 is 0 Å². The van der Waals surface area contributed by atoms with Crippen LogP contribution < -0.4 is 4.72 Å². The monoisotopic (exact) mass is 393 g/mol. The van der Waals surface area contributed by atoms with Crippen molar-refractivity contribution >= 4 is 31.6 Å². The van der Waals surface area contributed by atoms with Gasteiger partial charge in [0.15, 0.2) is 0 Å². The van der Waals surface area contributed by atoms with Crippen molar-refractivity contribution in [1.82, 2.24) is 20.2 Å². The number of hydrogen-bond donors (Lipinski definition) is 1. The lowest BCUT2D eigenvalue weighted by Gasteiger charge is -2.10. The zero-order valence-electron chi connectivity index (χ0n) is 12.0. The minimum Gasteiger partial charge on any atom is -0.280 e. The SMILES string of the molecule is Cc1cc(NS(=O)(=O)c2cccc(-n3cnnn3)c2)ccc1Br. The smallest absolute Gasteiger partial charge is 0.261 e. The molecule has 0 aliphatic carbocycles. The Kier molecular flexibility index (Phi) is 4.14. The summed E-state index contributed by atoms with van der Waals surface area (Å²) in [4.78, 5) is 0.131. The van der Waals surface area contributed by atoms with Gasteiger partial charge >= 0.3 is 0 Å². The van der Waals surface area contributed by atoms with Crippen molar-refractivity contribution in [3.05, 3.63) is 58.8 Å². The van der Waals surface area contributed by atoms with Crippen LogP contribution in [0.4, 0.5) is 5.69 Å². The molecule has 2 aromatic carbocycles. The average Bonchev–Trinajstić information content (AvgIpc) is 3.05. The van der Waals surface area contributed by atoms with E-state index < -0.39 is 10.0 Å². The second-order valence-corrected chi connectivity index (χ2v) is 7.36. The lowest BCUT2D eigenvalue weighted by atomic mass is 10.2. The Morgan fingerprint density at radius 3 is 2.70 bits per heavy atom. The van der Waals surface area contributed by atoms with Crippen LogP contribution in [0.5, 0.6) is 0 Å². The molecular weight excluding hydrogens is 382 g/mol. The number of hydrogen-bond acceptors (Lipinski definition) is 5. The molecule has 0 radical (unpaired) electrons. The molecule has 0 fully saturated rings. The molecule has 3 rings (SSSR count). The van der Waals surface area contributed by atoms with E-state index in [-0.39, 0.29) is 4.90 Å². The van der Waals surface area contributed by atoms with E-state index in [4.69, 9.17) is 0 Å². The van der Waals surface area contributed by atoms with E-state index in [1.54, 1.807) is 30.3 Å². The van der Waals surface area contributed by atoms with Gasteiger partial charge in [-0.05, 0) is 59.3 Å². The number of anilines is 1. The van der Waals surface area contributed by atoms with E-state index in [0.29, 0.717) is 11.4 Å². The van der Waals surface area contributed by atoms with Gasteiger partial charge in [0.25, 0.3) is 10.0 Å². The van der Waals surface area contributed by atoms with Gasteiger partial charge in [0.1, 0.15) is 6.33 Å². The zero-order valence-corrected chi connectivity index (χ0v) is 14.4. The normalized spacial score (nSPS) is 11.4. The van der Waals surface area contributed by atoms with Crippen LogP contribution in [-0.2, 0) is 10.0 Å². The molecule has 0 saturated heterocycles. The first kappa shape index (κ1) is 15.6. The molecule has 118 valence electrons. The van der Waals surface area contributed by atoms with Crippen molar-refractivity contribution in [2.45, 2.75) is 11.8 Å². The van der Waals surface area contributed by atoms with E-state index in [2.05, 4.69) is 36.2 Å². The summed E-state index contributed by atoms with van der Waals surface area (Å²) in [6.07, 6.45) is 1.40. The number of nitrogens with one attached hydrogen (secondary N) is 1. The fourth-order valence-electron chi connectivity index (χ4n) is 2.00. The van der Waals surface area contributed by atoms with Gasteiger partial charge < -0.3 is 0 Å². The van der Waals surface area contributed by atoms with Crippen LogP contribution in [0.1, 0.15) is 5.56 Å². The number of halogens is 1. The molecule has 0 saturated carbocycles. The van der Waals surface area contributed by atoms with Crippen molar-refractivity contribution in [2.75, 3.05) is 4.72 Å². The fraction of sp³-hybridized carbons (Fsp3) is 0.0714. The van der Waals surface area contributed by atoms with Crippen molar-refractivity contribution in [1.29, 1.82) is 0 Å². The largest absolute Gasteiger partial charge is 0.280 e. The number of benzene rings is 2. The third-order valence-electron chi connectivity index (χ3n) is 3.15. The van der Waals surface area contributed by atoms with Gasteiger partial charge in [-0.1, -0.05) is 22.0 Å². The zero-order chi connectivity index (χ0) is 16.4. The van der Waals surface area contributed by atoms with E-state index in [1.165, 1.54) is 23.1 Å². The summed E-state index contributed by atoms with van der Waals surface area (Å²) >= 11 is 3.39. The van der Waals surface area contributed by atoms with Crippen LogP contribution in [0.25, 0.3) is 5.69 Å². The molecule has 0 spiro atoms. The molecule has 1 heterocycles. The topological polar surface area (TPSA) is 89.8 Å². The second-order valence-electron chi connectivity index (χ2n) is 4.82. The minimum atomic E-state index is -3.70. The summed E-state index contributed by atoms with van der Waals surface area (Å²) in [6.45, 7) is 1.89. The predicted molar refractivity (Wildman–Crippen MR) is 88.8 cm³/mol. The second kappa shape index (κ2) is 6.09. The number of sulfonamides is 1. The first-order valence-corrected chi connectivity index (χ1v) is 8.86. The van der Waals surface area contributed by atoms with Gasteiger partial charge in [-0.3, -0.25) is 4.72 Å². The molecule has 0 amide bonds. The Hall–Kier alpha value is -2.26. The molecule has 1 aromatic heterocycles. The average molecular weight is 394 g/mol. The highest BCUT2D eigenvalue weighted by Crippen LogP contribution is 2.23. The molecule has 0 unspecified atom stereocenters. The number of nitrogens with zero attached hydrogens (tertiary/aromatic N) is 4. The lowest BCUT2D eigenvalue weighted by molar-refractivity contribution is 0.601. The molecular formula is C14H12BrN5O2S. The molecule has 9 heteroatoms. The van der Waals surface area contributed by atoms with Gasteiger partial charge in [0, 0.05) is 10.2 Å². The van der Waals surface area contributed by atoms with E-state index in [1.807, 2.05) is 6.92 Å². The summed E-state index contributed by atoms with van der Waals surface area (Å²) in [6, 6.07) is 11.6. The summed E-state index contributed by atoms with van der Waals surface area (Å²) in [5.74, 6) is 0. The lowest BCUT2D eigenvalue weighted by Crippen LogP contribution is -2.13. The van der Waals surface area contributed by atoms with Crippen LogP contribution >= 0.6 is 15.9 Å². The van der Waals surface area contributed by atoms with Gasteiger partial charge in [-0.2, -0.15) is 0 Å². The molecule has 23 heavy (non-hydrogen) atoms. The van der Waals surface area contributed by atoms with Gasteiger partial charge in [-0.15, -0.1) is 5.10 Å². The van der Waals surface area contributed by atoms with Crippen LogP contribution in [0, 0.1) is 6.92 Å². The van der Waals surface area contributed by atoms with Crippen LogP contribution in [0.2, 0.25) is 0 Å². The van der Waals surface area contributed by atoms with Crippen LogP contribution in [0.3, 0.4) is 0 Å². The maximum Gasteiger partial charge on any atom is 0.261 e. The van der Waals surface area contributed by atoms with Gasteiger partial charge in [-0.25, -0.2) is 13.1 Å². The first-order chi connectivity index (χ1) is 11.0. The fourth-order valence-corrected chi connectivity index (χ4v) is 3.33. The van der Waals surface area contributed by atoms with Crippen molar-refractivity contribution in [3.63, 3.8) is 0 Å². The Balaban J connectivity index is 1.93. The number of aryl methyl sites for hydroxylation is 1. The minimum absolute atomic E-state index is 0.131. The maximum absolute atomic E-state index is 12.5. The molecule has 1 N–H and O–H groups in total. The van der Waals surface area contributed by atoms with Crippen molar-refractivity contribution in [3.8, 4) is 5.69 Å². The summed E-state index contributed by atoms with van der Waals surface area (Å²) in [5.41, 5.74) is 2.00. The van der Waals surface area contributed by atoms with Crippen LogP contribution in [-0.4, -0.2) is 28.6 Å². The summed E-state index contributed by atoms with van der Waals surface area (Å²) in [5, 5.41) is 10.8. The molecule has 0 atom stereocenters. The maximum atomic E-state index is 12.5. The molecule has 3 aromatic rings. The molecule has 0 aliphatic heterocycles. The Bertz CT molecular complexity index is 942. The summed E-state index contributed by atoms with van der Waals surface area (Å²) < 4.78 is 29.9. The Morgan fingerprint density at radius 1 is 1.17 bits per heavy atom. The predicted octanol–water partition coefficient (Wildman–Crippen LogP) is 2.53. The van der Waals surface area contributed by atoms with Gasteiger partial charge in [0.05, 0.1) is 10.6 Å². The molecule has 0 aliphatic rings. The highest BCUT2D eigenvalue weighted by atomic mass is 79.9. The van der Waals surface area contributed by atoms with Gasteiger partial charge in [0.2, 0.25) is 0 Å². The quantitative estimate of drug-likeness (QED) is 0.735. The summed E-state index contributed by atoms with van der Waals surface area (Å²) in [7, 11) is -3.70. The first-order valence-electron chi connectivity index (χ1n) is 6.58. The third-order valence-corrected chi connectivity index (χ3v) is 5.42. The number of rotatable bonds is 4. The van der Waals surface area contributed by atoms with E-state index in [0.717, 1.165) is 10.0 Å². The number of tetrazole rings is 1. The number of aromatic nitrogens is 4. The highest BCUT2D eigenvalue weighted by molar-refractivity contribution is 9.10. The molecule has 7 nitrogen and oxygen atoms in total. The highest BCUT2D eigenvalue weighted by Gasteiger charge is 2.15. The third kappa shape index (κ3) is 3.40. The Morgan fingerprint density at radius 2 is 2.00 bits per heavy atom. The van der Waals surface area contributed by atoms with Crippen LogP contribution in [0.15, 0.2) is 58.2 Å². The molecule has 0 bridgehead atoms. The standard InChI is InChI=1S/C14H12BrN5O2S/c1-10-7-11(5-6-14(10)15)17-23(21,22)13-4-2-3-12(8-13)20-9-16-18-19-20/h2-9,17H,1H3.